The van der Waals surface area contributed by atoms with E-state index in [9.17, 15) is 9.59 Å². The summed E-state index contributed by atoms with van der Waals surface area (Å²) in [5.41, 5.74) is 3.02. The van der Waals surface area contributed by atoms with Crippen LogP contribution in [-0.4, -0.2) is 61.3 Å². The number of amides is 3. The van der Waals surface area contributed by atoms with Crippen molar-refractivity contribution in [3.05, 3.63) is 37.8 Å². The average Bonchev–Trinajstić information content (AvgIpc) is 3.27. The normalized spacial score (nSPS) is 16.5. The summed E-state index contributed by atoms with van der Waals surface area (Å²) < 4.78 is 8.78. The number of hydrogen-bond acceptors (Lipinski definition) is 5. The monoisotopic (exact) mass is 445 g/mol. The van der Waals surface area contributed by atoms with Crippen LogP contribution in [0.5, 0.6) is 5.75 Å². The summed E-state index contributed by atoms with van der Waals surface area (Å²) in [7, 11) is 1.53. The van der Waals surface area contributed by atoms with Crippen LogP contribution < -0.4 is 20.8 Å². The van der Waals surface area contributed by atoms with Crippen LogP contribution in [0.4, 0.5) is 15.4 Å². The van der Waals surface area contributed by atoms with Gasteiger partial charge in [0.25, 0.3) is 0 Å². The molecule has 9 heteroatoms. The Labute approximate surface area is 153 Å². The van der Waals surface area contributed by atoms with Gasteiger partial charge in [-0.2, -0.15) is 0 Å². The van der Waals surface area contributed by atoms with Crippen molar-refractivity contribution in [1.82, 2.24) is 20.7 Å². The molecule has 0 spiro atoms. The zero-order chi connectivity index (χ0) is 17.6. The minimum atomic E-state index is -2.81. The number of carbonyl (C=O) groups excluding carboxylic acids is 2. The molecule has 8 nitrogen and oxygen atoms in total. The second-order valence-corrected chi connectivity index (χ2v) is 12.7. The molecule has 0 radical (unpaired) electrons. The van der Waals surface area contributed by atoms with Gasteiger partial charge in [-0.3, -0.25) is 0 Å². The van der Waals surface area contributed by atoms with Crippen molar-refractivity contribution < 1.29 is 14.3 Å². The second-order valence-electron chi connectivity index (χ2n) is 5.78. The third kappa shape index (κ3) is 4.76. The molecule has 3 N–H and O–H groups in total. The van der Waals surface area contributed by atoms with Gasteiger partial charge in [-0.1, -0.05) is 0 Å². The predicted octanol–water partition coefficient (Wildman–Crippen LogP) is 1.54. The first-order valence-electron chi connectivity index (χ1n) is 8.22. The van der Waals surface area contributed by atoms with E-state index >= 15 is 0 Å². The van der Waals surface area contributed by atoms with Crippen LogP contribution in [0.3, 0.4) is 0 Å². The molecule has 130 valence electrons. The summed E-state index contributed by atoms with van der Waals surface area (Å²) in [5.74, 6) is 0.934. The number of ether oxygens (including phenoxy) is 1. The average molecular weight is 445 g/mol. The van der Waals surface area contributed by atoms with Crippen LogP contribution in [0.25, 0.3) is 0 Å². The van der Waals surface area contributed by atoms with Gasteiger partial charge in [0.2, 0.25) is 0 Å². The number of anilines is 1. The second kappa shape index (κ2) is 8.39. The van der Waals surface area contributed by atoms with E-state index in [0.717, 1.165) is 29.4 Å². The summed E-state index contributed by atoms with van der Waals surface area (Å²) in [6, 6.07) is 2.99. The Kier molecular flexibility index (Phi) is 5.98. The zero-order valence-corrected chi connectivity index (χ0v) is 17.3. The fraction of sp³-hybridized carbons (Fsp3) is 0.312. The number of nitrogens with one attached hydrogen (secondary N) is 3. The SMILES string of the molecule is CNC(=O)Nc1cc(O[C]2=CC=[CH][In]2[C](=O)NN2CCCC2)ccn1. The van der Waals surface area contributed by atoms with E-state index in [4.69, 9.17) is 4.74 Å². The van der Waals surface area contributed by atoms with Gasteiger partial charge in [0.05, 0.1) is 0 Å². The molecule has 2 aliphatic rings. The number of rotatable bonds is 5. The van der Waals surface area contributed by atoms with Crippen molar-refractivity contribution in [2.45, 2.75) is 12.8 Å². The first-order valence-corrected chi connectivity index (χ1v) is 13.4. The van der Waals surface area contributed by atoms with Crippen molar-refractivity contribution >= 4 is 37.0 Å². The van der Waals surface area contributed by atoms with Crippen LogP contribution in [0.2, 0.25) is 0 Å². The summed E-state index contributed by atoms with van der Waals surface area (Å²) in [6.07, 6.45) is 7.54. The third-order valence-corrected chi connectivity index (χ3v) is 10.3. The Hall–Kier alpha value is -2.00. The number of aromatic nitrogens is 1. The maximum absolute atomic E-state index is 12.5. The molecule has 0 aromatic carbocycles. The number of hydrogen-bond donors (Lipinski definition) is 3. The molecule has 2 aliphatic heterocycles. The van der Waals surface area contributed by atoms with Crippen molar-refractivity contribution in [2.75, 3.05) is 25.5 Å². The first-order chi connectivity index (χ1) is 12.2. The van der Waals surface area contributed by atoms with Crippen molar-refractivity contribution in [1.29, 1.82) is 0 Å². The molecule has 0 unspecified atom stereocenters. The van der Waals surface area contributed by atoms with Crippen LogP contribution in [0, 0.1) is 0 Å². The van der Waals surface area contributed by atoms with E-state index in [-0.39, 0.29) is 9.69 Å². The number of nitrogens with zero attached hydrogens (tertiary/aromatic N) is 2. The van der Waals surface area contributed by atoms with Gasteiger partial charge in [0.15, 0.2) is 0 Å². The van der Waals surface area contributed by atoms with Gasteiger partial charge < -0.3 is 0 Å². The van der Waals surface area contributed by atoms with E-state index in [2.05, 4.69) is 21.0 Å². The number of urea groups is 1. The fourth-order valence-corrected chi connectivity index (χ4v) is 7.99. The number of carbonyl (C=O) groups is 2. The van der Waals surface area contributed by atoms with Gasteiger partial charge >= 0.3 is 154 Å². The molecular weight excluding hydrogens is 425 g/mol. The standard InChI is InChI=1S/C11H11N3O2.C5H9N2O.In/c1-3-4-7-16-9-5-6-13-10(8-9)14-11(15)12-2;8-5-6-7-3-1-2-4-7;/h1,3-6,8H,2H3,(H2,12,13,14,15);1-4H2,(H,6,8);. The quantitative estimate of drug-likeness (QED) is 0.640. The minimum absolute atomic E-state index is 0.0986. The number of allylic oxidation sites excluding steroid dienone is 2. The number of hydrazine groups is 1. The van der Waals surface area contributed by atoms with Crippen LogP contribution in [0.1, 0.15) is 12.8 Å². The molecule has 0 atom stereocenters. The Bertz CT molecular complexity index is 715. The Morgan fingerprint density at radius 3 is 2.88 bits per heavy atom. The molecule has 0 saturated carbocycles. The summed E-state index contributed by atoms with van der Waals surface area (Å²) in [4.78, 5) is 28.0. The predicted molar refractivity (Wildman–Crippen MR) is 95.3 cm³/mol. The Balaban J connectivity index is 1.62. The van der Waals surface area contributed by atoms with Crippen molar-refractivity contribution in [2.24, 2.45) is 0 Å². The van der Waals surface area contributed by atoms with E-state index in [1.807, 2.05) is 21.0 Å². The van der Waals surface area contributed by atoms with Crippen molar-refractivity contribution in [3.63, 3.8) is 0 Å². The zero-order valence-electron chi connectivity index (χ0n) is 14.0. The maximum atomic E-state index is 12.5. The van der Waals surface area contributed by atoms with E-state index < -0.39 is 21.4 Å². The van der Waals surface area contributed by atoms with Crippen molar-refractivity contribution in [3.8, 4) is 5.75 Å². The topological polar surface area (TPSA) is 95.6 Å². The van der Waals surface area contributed by atoms with Crippen LogP contribution in [-0.2, 0) is 0 Å². The molecule has 1 aromatic rings. The first kappa shape index (κ1) is 17.8. The van der Waals surface area contributed by atoms with E-state index in [0.29, 0.717) is 11.6 Å². The summed E-state index contributed by atoms with van der Waals surface area (Å²) in [6.45, 7) is 1.82. The molecule has 1 saturated heterocycles. The van der Waals surface area contributed by atoms with Gasteiger partial charge in [0.1, 0.15) is 0 Å². The summed E-state index contributed by atoms with van der Waals surface area (Å²) in [5, 5.41) is 7.04. The third-order valence-electron chi connectivity index (χ3n) is 3.96. The van der Waals surface area contributed by atoms with Crippen LogP contribution in [0.15, 0.2) is 37.8 Å². The molecule has 1 aromatic heterocycles. The Morgan fingerprint density at radius 1 is 1.32 bits per heavy atom. The van der Waals surface area contributed by atoms with Gasteiger partial charge in [0, 0.05) is 0 Å². The molecule has 3 heterocycles. The molecule has 0 bridgehead atoms. The molecule has 1 fully saturated rings. The van der Waals surface area contributed by atoms with Gasteiger partial charge in [-0.25, -0.2) is 0 Å². The fourth-order valence-electron chi connectivity index (χ4n) is 2.69. The van der Waals surface area contributed by atoms with Gasteiger partial charge in [-0.05, 0) is 0 Å². The van der Waals surface area contributed by atoms with Crippen LogP contribution >= 0.6 is 0 Å². The molecule has 3 rings (SSSR count). The van der Waals surface area contributed by atoms with Gasteiger partial charge in [-0.15, -0.1) is 0 Å². The molecule has 3 amide bonds. The summed E-state index contributed by atoms with van der Waals surface area (Å²) >= 11 is -2.81. The molecule has 0 aliphatic carbocycles. The Morgan fingerprint density at radius 2 is 2.12 bits per heavy atom. The molecule has 25 heavy (non-hydrogen) atoms. The van der Waals surface area contributed by atoms with E-state index in [1.165, 1.54) is 7.05 Å². The number of pyridine rings is 1. The van der Waals surface area contributed by atoms with E-state index in [1.54, 1.807) is 18.3 Å². The molecular formula is C16H20InN5O3.